The molecule has 0 amide bonds. The maximum Gasteiger partial charge on any atom is 0.244 e. The number of aromatic nitrogens is 2. The zero-order chi connectivity index (χ0) is 17.2. The maximum absolute atomic E-state index is 12.8. The molecule has 1 N–H and O–H groups in total. The van der Waals surface area contributed by atoms with Crippen LogP contribution in [-0.4, -0.2) is 50.3 Å². The molecule has 0 aliphatic heterocycles. The molecule has 1 aliphatic rings. The largest absolute Gasteiger partial charge is 0.308 e. The molecule has 24 heavy (non-hydrogen) atoms. The number of rotatable bonds is 7. The van der Waals surface area contributed by atoms with Crippen molar-refractivity contribution in [1.82, 2.24) is 19.4 Å². The number of thiophene rings is 1. The van der Waals surface area contributed by atoms with Gasteiger partial charge in [0.05, 0.1) is 10.9 Å². The van der Waals surface area contributed by atoms with Gasteiger partial charge in [-0.1, -0.05) is 18.9 Å². The average molecular weight is 369 g/mol. The highest BCUT2D eigenvalue weighted by Gasteiger charge is 2.27. The minimum atomic E-state index is -3.57. The third-order valence-electron chi connectivity index (χ3n) is 4.29. The summed E-state index contributed by atoms with van der Waals surface area (Å²) >= 11 is 1.51. The van der Waals surface area contributed by atoms with E-state index in [2.05, 4.69) is 9.82 Å². The Morgan fingerprint density at radius 2 is 2.12 bits per heavy atom. The fourth-order valence-electron chi connectivity index (χ4n) is 2.99. The van der Waals surface area contributed by atoms with E-state index in [1.165, 1.54) is 24.2 Å². The second-order valence-electron chi connectivity index (χ2n) is 6.44. The van der Waals surface area contributed by atoms with Crippen LogP contribution in [-0.2, 0) is 10.0 Å². The molecule has 8 heteroatoms. The smallest absolute Gasteiger partial charge is 0.244 e. The third-order valence-corrected chi connectivity index (χ3v) is 6.63. The molecule has 0 aromatic carbocycles. The molecule has 1 fully saturated rings. The van der Waals surface area contributed by atoms with Crippen molar-refractivity contribution in [2.24, 2.45) is 0 Å². The molecule has 6 nitrogen and oxygen atoms in total. The number of nitrogens with zero attached hydrogens (tertiary/aromatic N) is 3. The van der Waals surface area contributed by atoms with E-state index in [4.69, 9.17) is 0 Å². The predicted octanol–water partition coefficient (Wildman–Crippen LogP) is 2.57. The van der Waals surface area contributed by atoms with Crippen molar-refractivity contribution >= 4 is 21.4 Å². The number of nitrogens with one attached hydrogen (secondary N) is 1. The van der Waals surface area contributed by atoms with E-state index in [0.717, 1.165) is 17.7 Å². The molecular formula is C16H24N4O2S2. The van der Waals surface area contributed by atoms with Crippen molar-refractivity contribution in [3.05, 3.63) is 23.7 Å². The van der Waals surface area contributed by atoms with Gasteiger partial charge in [0, 0.05) is 19.3 Å². The molecule has 1 saturated carbocycles. The van der Waals surface area contributed by atoms with Crippen molar-refractivity contribution in [1.29, 1.82) is 0 Å². The number of hydrogen-bond donors (Lipinski definition) is 1. The van der Waals surface area contributed by atoms with E-state index >= 15 is 0 Å². The first kappa shape index (κ1) is 17.6. The molecule has 2 aromatic rings. The van der Waals surface area contributed by atoms with Crippen LogP contribution in [0.5, 0.6) is 0 Å². The Kier molecular flexibility index (Phi) is 5.39. The van der Waals surface area contributed by atoms with Crippen molar-refractivity contribution in [3.63, 3.8) is 0 Å². The van der Waals surface area contributed by atoms with Crippen molar-refractivity contribution in [3.8, 4) is 10.6 Å². The van der Waals surface area contributed by atoms with E-state index < -0.39 is 10.0 Å². The summed E-state index contributed by atoms with van der Waals surface area (Å²) < 4.78 is 30.1. The van der Waals surface area contributed by atoms with Gasteiger partial charge in [0.1, 0.15) is 10.6 Å². The summed E-state index contributed by atoms with van der Waals surface area (Å²) in [5.41, 5.74) is 0.564. The Labute approximate surface area is 147 Å². The monoisotopic (exact) mass is 368 g/mol. The van der Waals surface area contributed by atoms with Crippen LogP contribution in [0.1, 0.15) is 31.7 Å². The molecule has 2 aromatic heterocycles. The number of likely N-dealkylation sites (N-methyl/N-ethyl adjacent to an activating group) is 1. The lowest BCUT2D eigenvalue weighted by Crippen LogP contribution is -2.31. The molecule has 0 unspecified atom stereocenters. The van der Waals surface area contributed by atoms with E-state index in [1.54, 1.807) is 6.20 Å². The fraction of sp³-hybridized carbons (Fsp3) is 0.562. The quantitative estimate of drug-likeness (QED) is 0.816. The second-order valence-corrected chi connectivity index (χ2v) is 9.12. The van der Waals surface area contributed by atoms with Gasteiger partial charge in [-0.2, -0.15) is 5.10 Å². The van der Waals surface area contributed by atoms with Crippen LogP contribution in [0.25, 0.3) is 10.6 Å². The second kappa shape index (κ2) is 7.35. The summed E-state index contributed by atoms with van der Waals surface area (Å²) in [7, 11) is 0.266. The molecule has 0 radical (unpaired) electrons. The van der Waals surface area contributed by atoms with Gasteiger partial charge in [0.25, 0.3) is 0 Å². The van der Waals surface area contributed by atoms with E-state index in [-0.39, 0.29) is 4.90 Å². The van der Waals surface area contributed by atoms with E-state index in [9.17, 15) is 8.42 Å². The molecule has 1 aliphatic carbocycles. The average Bonchev–Trinajstić information content (AvgIpc) is 3.26. The SMILES string of the molecule is CN(C)CCNS(=O)(=O)c1cn(C2CCCC2)nc1-c1cccs1. The minimum Gasteiger partial charge on any atom is -0.308 e. The first-order valence-electron chi connectivity index (χ1n) is 8.25. The highest BCUT2D eigenvalue weighted by molar-refractivity contribution is 7.89. The Morgan fingerprint density at radius 3 is 2.75 bits per heavy atom. The van der Waals surface area contributed by atoms with Crippen LogP contribution in [0.2, 0.25) is 0 Å². The summed E-state index contributed by atoms with van der Waals surface area (Å²) in [6, 6.07) is 4.16. The molecular weight excluding hydrogens is 344 g/mol. The molecule has 0 spiro atoms. The predicted molar refractivity (Wildman–Crippen MR) is 96.8 cm³/mol. The van der Waals surface area contributed by atoms with Gasteiger partial charge in [-0.3, -0.25) is 4.68 Å². The molecule has 0 saturated heterocycles. The lowest BCUT2D eigenvalue weighted by atomic mass is 10.3. The molecule has 0 bridgehead atoms. The Morgan fingerprint density at radius 1 is 1.38 bits per heavy atom. The van der Waals surface area contributed by atoms with Gasteiger partial charge >= 0.3 is 0 Å². The standard InChI is InChI=1S/C16H24N4O2S2/c1-19(2)10-9-17-24(21,22)15-12-20(13-6-3-4-7-13)18-16(15)14-8-5-11-23-14/h5,8,11-13,17H,3-4,6-7,9-10H2,1-2H3. The molecule has 3 rings (SSSR count). The zero-order valence-electron chi connectivity index (χ0n) is 14.1. The van der Waals surface area contributed by atoms with Crippen LogP contribution in [0.3, 0.4) is 0 Å². The first-order valence-corrected chi connectivity index (χ1v) is 10.6. The summed E-state index contributed by atoms with van der Waals surface area (Å²) in [4.78, 5) is 3.13. The van der Waals surface area contributed by atoms with E-state index in [0.29, 0.717) is 24.8 Å². The number of hydrogen-bond acceptors (Lipinski definition) is 5. The van der Waals surface area contributed by atoms with Crippen LogP contribution < -0.4 is 4.72 Å². The van der Waals surface area contributed by atoms with Crippen LogP contribution in [0.15, 0.2) is 28.6 Å². The summed E-state index contributed by atoms with van der Waals surface area (Å²) in [5, 5.41) is 6.59. The Balaban J connectivity index is 1.92. The first-order chi connectivity index (χ1) is 11.5. The third kappa shape index (κ3) is 3.88. The molecule has 2 heterocycles. The summed E-state index contributed by atoms with van der Waals surface area (Å²) in [6.45, 7) is 1.04. The van der Waals surface area contributed by atoms with Gasteiger partial charge in [0.15, 0.2) is 0 Å². The van der Waals surface area contributed by atoms with Gasteiger partial charge in [0.2, 0.25) is 10.0 Å². The van der Waals surface area contributed by atoms with Gasteiger partial charge < -0.3 is 4.90 Å². The Bertz CT molecular complexity index is 760. The van der Waals surface area contributed by atoms with Gasteiger partial charge in [-0.05, 0) is 38.4 Å². The Hall–Kier alpha value is -1.22. The van der Waals surface area contributed by atoms with Crippen LogP contribution in [0.4, 0.5) is 0 Å². The van der Waals surface area contributed by atoms with Gasteiger partial charge in [-0.25, -0.2) is 13.1 Å². The van der Waals surface area contributed by atoms with Gasteiger partial charge in [-0.15, -0.1) is 11.3 Å². The molecule has 132 valence electrons. The van der Waals surface area contributed by atoms with Crippen molar-refractivity contribution in [2.45, 2.75) is 36.6 Å². The summed E-state index contributed by atoms with van der Waals surface area (Å²) in [5.74, 6) is 0. The highest BCUT2D eigenvalue weighted by atomic mass is 32.2. The van der Waals surface area contributed by atoms with E-state index in [1.807, 2.05) is 41.2 Å². The summed E-state index contributed by atoms with van der Waals surface area (Å²) in [6.07, 6.45) is 6.21. The fourth-order valence-corrected chi connectivity index (χ4v) is 4.95. The maximum atomic E-state index is 12.8. The minimum absolute atomic E-state index is 0.288. The van der Waals surface area contributed by atoms with Crippen molar-refractivity contribution in [2.75, 3.05) is 27.2 Å². The lowest BCUT2D eigenvalue weighted by Gasteiger charge is -2.10. The van der Waals surface area contributed by atoms with Crippen molar-refractivity contribution < 1.29 is 8.42 Å². The van der Waals surface area contributed by atoms with Crippen LogP contribution in [0, 0.1) is 0 Å². The highest BCUT2D eigenvalue weighted by Crippen LogP contribution is 2.34. The van der Waals surface area contributed by atoms with Crippen LogP contribution >= 0.6 is 11.3 Å². The normalized spacial score (nSPS) is 16.3. The number of sulfonamides is 1. The lowest BCUT2D eigenvalue weighted by molar-refractivity contribution is 0.412. The molecule has 0 atom stereocenters. The topological polar surface area (TPSA) is 67.2 Å². The zero-order valence-corrected chi connectivity index (χ0v) is 15.7.